The maximum atomic E-state index is 6.66. The summed E-state index contributed by atoms with van der Waals surface area (Å²) in [6, 6.07) is 4.07. The molecule has 1 aromatic rings. The minimum absolute atomic E-state index is 0.0973. The van der Waals surface area contributed by atoms with Gasteiger partial charge >= 0.3 is 0 Å². The van der Waals surface area contributed by atoms with E-state index < -0.39 is 0 Å². The van der Waals surface area contributed by atoms with Gasteiger partial charge in [-0.3, -0.25) is 0 Å². The van der Waals surface area contributed by atoms with Gasteiger partial charge in [0.05, 0.1) is 6.61 Å². The van der Waals surface area contributed by atoms with Gasteiger partial charge < -0.3 is 10.5 Å². The summed E-state index contributed by atoms with van der Waals surface area (Å²) < 4.78 is 5.80. The van der Waals surface area contributed by atoms with Crippen LogP contribution in [0.25, 0.3) is 0 Å². The lowest BCUT2D eigenvalue weighted by Crippen LogP contribution is -2.46. The summed E-state index contributed by atoms with van der Waals surface area (Å²) in [6.07, 6.45) is 6.42. The van der Waals surface area contributed by atoms with Crippen LogP contribution in [0.2, 0.25) is 5.02 Å². The van der Waals surface area contributed by atoms with Crippen LogP contribution in [-0.2, 0) is 12.8 Å². The SMILES string of the molecule is CC1(C)CCC(N)(Cc2cc(Cl)cc3c2OCC3)CC1. The summed E-state index contributed by atoms with van der Waals surface area (Å²) in [6.45, 7) is 5.45. The van der Waals surface area contributed by atoms with E-state index in [-0.39, 0.29) is 5.54 Å². The molecule has 1 fully saturated rings. The molecule has 0 radical (unpaired) electrons. The van der Waals surface area contributed by atoms with E-state index in [1.807, 2.05) is 12.1 Å². The van der Waals surface area contributed by atoms with Crippen molar-refractivity contribution in [2.45, 2.75) is 57.9 Å². The van der Waals surface area contributed by atoms with Crippen molar-refractivity contribution in [2.24, 2.45) is 11.1 Å². The van der Waals surface area contributed by atoms with E-state index in [4.69, 9.17) is 22.1 Å². The molecule has 0 atom stereocenters. The van der Waals surface area contributed by atoms with E-state index in [1.54, 1.807) is 0 Å². The smallest absolute Gasteiger partial charge is 0.125 e. The molecule has 3 heteroatoms. The van der Waals surface area contributed by atoms with E-state index in [0.717, 1.165) is 43.1 Å². The Morgan fingerprint density at radius 3 is 2.60 bits per heavy atom. The molecular formula is C17H24ClNO. The summed E-state index contributed by atoms with van der Waals surface area (Å²) in [7, 11) is 0. The largest absolute Gasteiger partial charge is 0.493 e. The van der Waals surface area contributed by atoms with E-state index in [9.17, 15) is 0 Å². The average molecular weight is 294 g/mol. The number of hydrogen-bond acceptors (Lipinski definition) is 2. The van der Waals surface area contributed by atoms with Crippen molar-refractivity contribution >= 4 is 11.6 Å². The summed E-state index contributed by atoms with van der Waals surface area (Å²) in [5, 5.41) is 0.809. The minimum Gasteiger partial charge on any atom is -0.493 e. The van der Waals surface area contributed by atoms with Gasteiger partial charge in [0.1, 0.15) is 5.75 Å². The fraction of sp³-hybridized carbons (Fsp3) is 0.647. The Labute approximate surface area is 126 Å². The fourth-order valence-corrected chi connectivity index (χ4v) is 3.72. The van der Waals surface area contributed by atoms with Crippen LogP contribution in [0, 0.1) is 5.41 Å². The zero-order valence-corrected chi connectivity index (χ0v) is 13.2. The third-order valence-corrected chi connectivity index (χ3v) is 5.19. The lowest BCUT2D eigenvalue weighted by Gasteiger charge is -2.41. The molecule has 2 N–H and O–H groups in total. The molecule has 1 aliphatic carbocycles. The Morgan fingerprint density at radius 2 is 1.90 bits per heavy atom. The maximum Gasteiger partial charge on any atom is 0.125 e. The van der Waals surface area contributed by atoms with Crippen LogP contribution in [0.5, 0.6) is 5.75 Å². The average Bonchev–Trinajstić information content (AvgIpc) is 2.82. The molecule has 0 spiro atoms. The number of fused-ring (bicyclic) bond motifs is 1. The fourth-order valence-electron chi connectivity index (χ4n) is 3.46. The standard InChI is InChI=1S/C17H24ClNO/c1-16(2)4-6-17(19,7-5-16)11-13-10-14(18)9-12-3-8-20-15(12)13/h9-10H,3-8,11,19H2,1-2H3. The molecule has 0 amide bonds. The Bertz CT molecular complexity index is 514. The second kappa shape index (κ2) is 4.92. The molecule has 0 bridgehead atoms. The predicted molar refractivity (Wildman–Crippen MR) is 83.5 cm³/mol. The number of hydrogen-bond donors (Lipinski definition) is 1. The van der Waals surface area contributed by atoms with Crippen molar-refractivity contribution in [3.8, 4) is 5.75 Å². The quantitative estimate of drug-likeness (QED) is 0.890. The number of halogens is 1. The van der Waals surface area contributed by atoms with Gasteiger partial charge in [-0.15, -0.1) is 0 Å². The Hall–Kier alpha value is -0.730. The first-order chi connectivity index (χ1) is 9.37. The van der Waals surface area contributed by atoms with Crippen molar-refractivity contribution in [3.05, 3.63) is 28.3 Å². The summed E-state index contributed by atoms with van der Waals surface area (Å²) in [5.41, 5.74) is 9.44. The molecule has 0 saturated heterocycles. The van der Waals surface area contributed by atoms with E-state index in [1.165, 1.54) is 24.0 Å². The number of ether oxygens (including phenoxy) is 1. The number of rotatable bonds is 2. The maximum absolute atomic E-state index is 6.66. The van der Waals surface area contributed by atoms with E-state index >= 15 is 0 Å². The predicted octanol–water partition coefficient (Wildman–Crippen LogP) is 4.12. The van der Waals surface area contributed by atoms with Crippen molar-refractivity contribution in [3.63, 3.8) is 0 Å². The highest BCUT2D eigenvalue weighted by Gasteiger charge is 2.36. The highest BCUT2D eigenvalue weighted by Crippen LogP contribution is 2.42. The van der Waals surface area contributed by atoms with Crippen molar-refractivity contribution < 1.29 is 4.74 Å². The first-order valence-electron chi connectivity index (χ1n) is 7.60. The molecule has 1 heterocycles. The van der Waals surface area contributed by atoms with Crippen LogP contribution in [0.3, 0.4) is 0 Å². The highest BCUT2D eigenvalue weighted by molar-refractivity contribution is 6.30. The minimum atomic E-state index is -0.0973. The molecule has 0 unspecified atom stereocenters. The lowest BCUT2D eigenvalue weighted by molar-refractivity contribution is 0.164. The van der Waals surface area contributed by atoms with Gasteiger partial charge in [0.25, 0.3) is 0 Å². The molecule has 2 aliphatic rings. The van der Waals surface area contributed by atoms with Crippen LogP contribution in [0.15, 0.2) is 12.1 Å². The molecule has 110 valence electrons. The topological polar surface area (TPSA) is 35.2 Å². The zero-order valence-electron chi connectivity index (χ0n) is 12.5. The van der Waals surface area contributed by atoms with Gasteiger partial charge in [-0.1, -0.05) is 25.4 Å². The van der Waals surface area contributed by atoms with Crippen LogP contribution >= 0.6 is 11.6 Å². The Morgan fingerprint density at radius 1 is 1.20 bits per heavy atom. The van der Waals surface area contributed by atoms with Gasteiger partial charge in [0.15, 0.2) is 0 Å². The van der Waals surface area contributed by atoms with Gasteiger partial charge in [-0.05, 0) is 60.8 Å². The Balaban J connectivity index is 1.82. The van der Waals surface area contributed by atoms with Crippen LogP contribution in [0.4, 0.5) is 0 Å². The van der Waals surface area contributed by atoms with Crippen molar-refractivity contribution in [1.29, 1.82) is 0 Å². The van der Waals surface area contributed by atoms with E-state index in [2.05, 4.69) is 13.8 Å². The summed E-state index contributed by atoms with van der Waals surface area (Å²) in [5.74, 6) is 1.05. The second-order valence-electron chi connectivity index (χ2n) is 7.35. The number of benzene rings is 1. The lowest BCUT2D eigenvalue weighted by atomic mass is 9.68. The van der Waals surface area contributed by atoms with Crippen molar-refractivity contribution in [1.82, 2.24) is 0 Å². The molecule has 1 aliphatic heterocycles. The molecule has 0 aromatic heterocycles. The first kappa shape index (κ1) is 14.2. The highest BCUT2D eigenvalue weighted by atomic mass is 35.5. The summed E-state index contributed by atoms with van der Waals surface area (Å²) in [4.78, 5) is 0. The molecule has 1 aromatic carbocycles. The third-order valence-electron chi connectivity index (χ3n) is 4.97. The normalized spacial score (nSPS) is 23.2. The zero-order chi connectivity index (χ0) is 14.4. The van der Waals surface area contributed by atoms with Crippen LogP contribution in [-0.4, -0.2) is 12.1 Å². The molecular weight excluding hydrogens is 270 g/mol. The Kier molecular flexibility index (Phi) is 3.50. The monoisotopic (exact) mass is 293 g/mol. The van der Waals surface area contributed by atoms with Gasteiger partial charge in [0.2, 0.25) is 0 Å². The van der Waals surface area contributed by atoms with Gasteiger partial charge in [-0.25, -0.2) is 0 Å². The molecule has 3 rings (SSSR count). The molecule has 20 heavy (non-hydrogen) atoms. The van der Waals surface area contributed by atoms with Crippen LogP contribution < -0.4 is 10.5 Å². The van der Waals surface area contributed by atoms with Gasteiger partial charge in [-0.2, -0.15) is 0 Å². The van der Waals surface area contributed by atoms with Gasteiger partial charge in [0, 0.05) is 17.0 Å². The van der Waals surface area contributed by atoms with Crippen LogP contribution in [0.1, 0.15) is 50.7 Å². The molecule has 1 saturated carbocycles. The summed E-state index contributed by atoms with van der Waals surface area (Å²) >= 11 is 6.24. The first-order valence-corrected chi connectivity index (χ1v) is 7.98. The number of nitrogens with two attached hydrogens (primary N) is 1. The third kappa shape index (κ3) is 2.82. The van der Waals surface area contributed by atoms with Crippen molar-refractivity contribution in [2.75, 3.05) is 6.61 Å². The second-order valence-corrected chi connectivity index (χ2v) is 7.79. The van der Waals surface area contributed by atoms with E-state index in [0.29, 0.717) is 5.41 Å². The molecule has 2 nitrogen and oxygen atoms in total.